The normalized spacial score (nSPS) is 12.2. The summed E-state index contributed by atoms with van der Waals surface area (Å²) < 4.78 is 14.9. The number of carbonyl (C=O) groups excluding carboxylic acids is 1. The molecule has 1 amide bonds. The first-order chi connectivity index (χ1) is 22.7. The number of carboxylic acids is 1. The second kappa shape index (κ2) is 20.4. The highest BCUT2D eigenvalue weighted by Gasteiger charge is 2.23. The highest BCUT2D eigenvalue weighted by molar-refractivity contribution is 5.99. The molecule has 0 aliphatic rings. The van der Waals surface area contributed by atoms with Crippen LogP contribution < -0.4 is 10.9 Å². The highest BCUT2D eigenvalue weighted by Crippen LogP contribution is 2.23. The minimum absolute atomic E-state index is 0.0871. The van der Waals surface area contributed by atoms with Gasteiger partial charge in [0.05, 0.1) is 17.6 Å². The number of pyridine rings is 2. The summed E-state index contributed by atoms with van der Waals surface area (Å²) in [6, 6.07) is 7.75. The molecule has 0 aliphatic heterocycles. The molecule has 0 saturated carbocycles. The van der Waals surface area contributed by atoms with Gasteiger partial charge in [-0.1, -0.05) is 69.2 Å². The molecule has 9 heteroatoms. The number of rotatable bonds is 22. The van der Waals surface area contributed by atoms with Gasteiger partial charge in [-0.25, -0.2) is 4.39 Å². The second-order valence-corrected chi connectivity index (χ2v) is 12.6. The fraction of sp³-hybridized carbons (Fsp3) is 0.526. The number of nitrogens with zero attached hydrogens (tertiary/aromatic N) is 2. The number of benzene rings is 1. The van der Waals surface area contributed by atoms with Crippen molar-refractivity contribution in [2.24, 2.45) is 7.05 Å². The number of aromatic nitrogens is 2. The minimum Gasteiger partial charge on any atom is -0.481 e. The third kappa shape index (κ3) is 12.7. The van der Waals surface area contributed by atoms with Gasteiger partial charge in [-0.3, -0.25) is 19.4 Å². The number of aryl methyl sites for hydroxylation is 2. The smallest absolute Gasteiger partial charge is 0.303 e. The molecule has 3 N–H and O–H groups in total. The Hall–Kier alpha value is -3.85. The van der Waals surface area contributed by atoms with Crippen LogP contribution in [-0.2, 0) is 24.7 Å². The van der Waals surface area contributed by atoms with E-state index in [2.05, 4.69) is 17.5 Å². The van der Waals surface area contributed by atoms with Crippen LogP contribution in [0.2, 0.25) is 0 Å². The number of carbonyl (C=O) groups is 2. The van der Waals surface area contributed by atoms with Crippen molar-refractivity contribution >= 4 is 22.9 Å². The summed E-state index contributed by atoms with van der Waals surface area (Å²) in [5.41, 5.74) is 3.44. The number of fused-ring (bicyclic) bond motifs is 1. The number of carboxylic acid groups (broad SMARTS) is 1. The number of halogens is 1. The molecule has 0 saturated heterocycles. The van der Waals surface area contributed by atoms with Gasteiger partial charge in [0.2, 0.25) is 0 Å². The zero-order valence-electron chi connectivity index (χ0n) is 28.1. The molecule has 0 bridgehead atoms. The zero-order chi connectivity index (χ0) is 34.0. The van der Waals surface area contributed by atoms with Gasteiger partial charge in [-0.2, -0.15) is 0 Å². The first-order valence-electron chi connectivity index (χ1n) is 17.2. The lowest BCUT2D eigenvalue weighted by atomic mass is 9.97. The molecule has 3 aromatic rings. The summed E-state index contributed by atoms with van der Waals surface area (Å²) in [5.74, 6) is -1.50. The molecule has 3 rings (SSSR count). The van der Waals surface area contributed by atoms with Gasteiger partial charge in [0.25, 0.3) is 11.5 Å². The van der Waals surface area contributed by atoms with Crippen LogP contribution in [-0.4, -0.2) is 44.3 Å². The third-order valence-electron chi connectivity index (χ3n) is 8.57. The quantitative estimate of drug-likeness (QED) is 0.0770. The minimum atomic E-state index is -0.708. The van der Waals surface area contributed by atoms with Crippen LogP contribution in [0, 0.1) is 5.82 Å². The van der Waals surface area contributed by atoms with E-state index in [-0.39, 0.29) is 30.0 Å². The Kier molecular flexibility index (Phi) is 16.3. The van der Waals surface area contributed by atoms with Crippen LogP contribution in [0.5, 0.6) is 0 Å². The Morgan fingerprint density at radius 2 is 1.51 bits per heavy atom. The molecular weight excluding hydrogens is 597 g/mol. The van der Waals surface area contributed by atoms with Crippen LogP contribution in [0.3, 0.4) is 0 Å². The van der Waals surface area contributed by atoms with Gasteiger partial charge in [0.15, 0.2) is 0 Å². The maximum Gasteiger partial charge on any atom is 0.303 e. The lowest BCUT2D eigenvalue weighted by Crippen LogP contribution is -2.40. The molecule has 1 atom stereocenters. The standard InChI is InChI=1S/C38H52FN3O5/c1-28(27-43)41-37(46)35-32(18-16-14-12-10-8-6-4-3-5-7-9-11-13-15-17-19-34(44)45)36-33(42(2)38(35)47)25-30(26-40-36)24-29-20-22-31(39)23-21-29/h3,5,20-23,25-26,28,43H,4,6-19,24,27H2,1-2H3,(H,41,46)(H,44,45)/b5-3-/t28-/m0/s1. The topological polar surface area (TPSA) is 122 Å². The van der Waals surface area contributed by atoms with Crippen LogP contribution in [0.15, 0.2) is 53.5 Å². The van der Waals surface area contributed by atoms with Crippen molar-refractivity contribution < 1.29 is 24.2 Å². The SMILES string of the molecule is C[C@@H](CO)NC(=O)c1c(CCCCCCCC/C=C\CCCCCCCC(=O)O)c2ncc(Cc3ccc(F)cc3)cc2n(C)c1=O. The molecule has 0 aliphatic carbocycles. The number of aliphatic hydroxyl groups excluding tert-OH is 1. The van der Waals surface area contributed by atoms with E-state index in [1.165, 1.54) is 16.7 Å². The Morgan fingerprint density at radius 1 is 0.915 bits per heavy atom. The monoisotopic (exact) mass is 649 g/mol. The summed E-state index contributed by atoms with van der Waals surface area (Å²) in [5, 5.41) is 20.9. The van der Waals surface area contributed by atoms with Crippen molar-refractivity contribution in [2.75, 3.05) is 6.61 Å². The summed E-state index contributed by atoms with van der Waals surface area (Å²) in [6.07, 6.45) is 21.3. The van der Waals surface area contributed by atoms with E-state index in [1.54, 1.807) is 32.3 Å². The molecule has 47 heavy (non-hydrogen) atoms. The van der Waals surface area contributed by atoms with Crippen LogP contribution >= 0.6 is 0 Å². The molecular formula is C38H52FN3O5. The molecule has 0 fully saturated rings. The van der Waals surface area contributed by atoms with E-state index in [0.717, 1.165) is 94.6 Å². The van der Waals surface area contributed by atoms with Gasteiger partial charge in [0, 0.05) is 25.7 Å². The Labute approximate surface area is 278 Å². The average molecular weight is 650 g/mol. The molecule has 256 valence electrons. The fourth-order valence-electron chi connectivity index (χ4n) is 5.84. The molecule has 1 aromatic carbocycles. The van der Waals surface area contributed by atoms with Crippen molar-refractivity contribution in [1.29, 1.82) is 0 Å². The van der Waals surface area contributed by atoms with Crippen molar-refractivity contribution in [3.63, 3.8) is 0 Å². The van der Waals surface area contributed by atoms with Crippen molar-refractivity contribution in [2.45, 2.75) is 116 Å². The summed E-state index contributed by atoms with van der Waals surface area (Å²) in [4.78, 5) is 42.1. The van der Waals surface area contributed by atoms with Crippen LogP contribution in [0.4, 0.5) is 4.39 Å². The third-order valence-corrected chi connectivity index (χ3v) is 8.57. The molecule has 2 aromatic heterocycles. The van der Waals surface area contributed by atoms with Gasteiger partial charge < -0.3 is 20.1 Å². The number of nitrogens with one attached hydrogen (secondary N) is 1. The average Bonchev–Trinajstić information content (AvgIpc) is 3.05. The maximum atomic E-state index is 13.6. The molecule has 0 spiro atoms. The molecule has 2 heterocycles. The fourth-order valence-corrected chi connectivity index (χ4v) is 5.84. The number of unbranched alkanes of at least 4 members (excludes halogenated alkanes) is 11. The van der Waals surface area contributed by atoms with Gasteiger partial charge in [0.1, 0.15) is 11.4 Å². The predicted octanol–water partition coefficient (Wildman–Crippen LogP) is 7.42. The van der Waals surface area contributed by atoms with Crippen LogP contribution in [0.25, 0.3) is 11.0 Å². The van der Waals surface area contributed by atoms with E-state index < -0.39 is 17.9 Å². The Morgan fingerprint density at radius 3 is 2.13 bits per heavy atom. The molecule has 8 nitrogen and oxygen atoms in total. The number of hydrogen-bond acceptors (Lipinski definition) is 5. The van der Waals surface area contributed by atoms with Crippen molar-refractivity contribution in [3.05, 3.63) is 87.1 Å². The summed E-state index contributed by atoms with van der Waals surface area (Å²) in [7, 11) is 1.65. The predicted molar refractivity (Wildman–Crippen MR) is 185 cm³/mol. The first-order valence-corrected chi connectivity index (χ1v) is 17.2. The molecule has 0 radical (unpaired) electrons. The number of aliphatic carboxylic acids is 1. The zero-order valence-corrected chi connectivity index (χ0v) is 28.1. The highest BCUT2D eigenvalue weighted by atomic mass is 19.1. The van der Waals surface area contributed by atoms with Gasteiger partial charge in [-0.15, -0.1) is 0 Å². The first kappa shape index (κ1) is 37.6. The van der Waals surface area contributed by atoms with Gasteiger partial charge >= 0.3 is 5.97 Å². The van der Waals surface area contributed by atoms with E-state index in [1.807, 2.05) is 6.07 Å². The van der Waals surface area contributed by atoms with E-state index in [9.17, 15) is 23.9 Å². The summed E-state index contributed by atoms with van der Waals surface area (Å²) in [6.45, 7) is 1.46. The second-order valence-electron chi connectivity index (χ2n) is 12.6. The number of allylic oxidation sites excluding steroid dienone is 2. The Balaban J connectivity index is 1.53. The number of hydrogen-bond donors (Lipinski definition) is 3. The molecule has 0 unspecified atom stereocenters. The maximum absolute atomic E-state index is 13.6. The van der Waals surface area contributed by atoms with Crippen molar-refractivity contribution in [3.8, 4) is 0 Å². The number of aliphatic hydroxyl groups is 1. The van der Waals surface area contributed by atoms with Gasteiger partial charge in [-0.05, 0) is 93.2 Å². The Bertz CT molecular complexity index is 1520. The van der Waals surface area contributed by atoms with E-state index in [4.69, 9.17) is 10.1 Å². The number of amides is 1. The summed E-state index contributed by atoms with van der Waals surface area (Å²) >= 11 is 0. The van der Waals surface area contributed by atoms with E-state index >= 15 is 0 Å². The van der Waals surface area contributed by atoms with Crippen LogP contribution in [0.1, 0.15) is 124 Å². The lowest BCUT2D eigenvalue weighted by Gasteiger charge is -2.17. The van der Waals surface area contributed by atoms with Crippen molar-refractivity contribution in [1.82, 2.24) is 14.9 Å². The van der Waals surface area contributed by atoms with E-state index in [0.29, 0.717) is 29.4 Å². The lowest BCUT2D eigenvalue weighted by molar-refractivity contribution is -0.137. The largest absolute Gasteiger partial charge is 0.481 e.